The molecular formula is C11H22N6O. The van der Waals surface area contributed by atoms with Crippen molar-refractivity contribution in [2.75, 3.05) is 6.54 Å². The van der Waals surface area contributed by atoms with Crippen molar-refractivity contribution in [3.05, 3.63) is 12.2 Å². The number of amidine groups is 1. The van der Waals surface area contributed by atoms with E-state index in [0.717, 1.165) is 25.3 Å². The minimum atomic E-state index is -0.319. The average molecular weight is 254 g/mol. The topological polar surface area (TPSA) is 101 Å². The van der Waals surface area contributed by atoms with Crippen molar-refractivity contribution in [1.82, 2.24) is 20.1 Å². The number of oxime groups is 1. The molecule has 18 heavy (non-hydrogen) atoms. The molecule has 1 heterocycles. The van der Waals surface area contributed by atoms with Crippen LogP contribution in [0.2, 0.25) is 0 Å². The zero-order valence-electron chi connectivity index (χ0n) is 11.2. The van der Waals surface area contributed by atoms with Gasteiger partial charge >= 0.3 is 0 Å². The van der Waals surface area contributed by atoms with E-state index < -0.39 is 0 Å². The highest BCUT2D eigenvalue weighted by atomic mass is 16.4. The summed E-state index contributed by atoms with van der Waals surface area (Å²) < 4.78 is 1.99. The van der Waals surface area contributed by atoms with Gasteiger partial charge in [-0.3, -0.25) is 0 Å². The lowest BCUT2D eigenvalue weighted by Gasteiger charge is -2.22. The van der Waals surface area contributed by atoms with Gasteiger partial charge in [-0.25, -0.2) is 0 Å². The number of nitrogens with one attached hydrogen (secondary N) is 1. The lowest BCUT2D eigenvalue weighted by molar-refractivity contribution is 0.305. The molecule has 0 unspecified atom stereocenters. The maximum atomic E-state index is 8.67. The van der Waals surface area contributed by atoms with Crippen LogP contribution in [0.4, 0.5) is 0 Å². The maximum Gasteiger partial charge on any atom is 0.146 e. The first kappa shape index (κ1) is 14.4. The van der Waals surface area contributed by atoms with Crippen LogP contribution >= 0.6 is 0 Å². The van der Waals surface area contributed by atoms with Gasteiger partial charge in [-0.1, -0.05) is 19.0 Å². The third-order valence-corrected chi connectivity index (χ3v) is 3.05. The molecule has 0 fully saturated rings. The molecule has 0 radical (unpaired) electrons. The molecule has 1 aromatic heterocycles. The molecule has 102 valence electrons. The molecule has 4 N–H and O–H groups in total. The van der Waals surface area contributed by atoms with Crippen LogP contribution in [0.5, 0.6) is 0 Å². The SMILES string of the molecule is CCn1cnnc1CNCCC(C)(C)C(N)=NO. The second-order valence-corrected chi connectivity index (χ2v) is 4.83. The molecule has 0 bridgehead atoms. The molecule has 1 aromatic rings. The fourth-order valence-corrected chi connectivity index (χ4v) is 1.54. The van der Waals surface area contributed by atoms with Crippen molar-refractivity contribution in [2.45, 2.75) is 40.3 Å². The molecule has 0 saturated heterocycles. The van der Waals surface area contributed by atoms with Gasteiger partial charge in [0.2, 0.25) is 0 Å². The fraction of sp³-hybridized carbons (Fsp3) is 0.727. The first-order valence-electron chi connectivity index (χ1n) is 6.06. The summed E-state index contributed by atoms with van der Waals surface area (Å²) in [6, 6.07) is 0. The van der Waals surface area contributed by atoms with Crippen molar-refractivity contribution in [2.24, 2.45) is 16.3 Å². The number of rotatable bonds is 7. The minimum Gasteiger partial charge on any atom is -0.409 e. The summed E-state index contributed by atoms with van der Waals surface area (Å²) >= 11 is 0. The quantitative estimate of drug-likeness (QED) is 0.217. The molecule has 0 aliphatic carbocycles. The molecule has 0 aliphatic rings. The number of hydrogen-bond acceptors (Lipinski definition) is 5. The van der Waals surface area contributed by atoms with E-state index in [2.05, 4.69) is 20.7 Å². The predicted molar refractivity (Wildman–Crippen MR) is 69.2 cm³/mol. The Morgan fingerprint density at radius 3 is 2.94 bits per heavy atom. The molecule has 0 aromatic carbocycles. The highest BCUT2D eigenvalue weighted by Crippen LogP contribution is 2.19. The van der Waals surface area contributed by atoms with Gasteiger partial charge in [0.25, 0.3) is 0 Å². The molecule has 0 atom stereocenters. The Hall–Kier alpha value is -1.63. The largest absolute Gasteiger partial charge is 0.409 e. The van der Waals surface area contributed by atoms with Crippen LogP contribution in [-0.2, 0) is 13.1 Å². The Morgan fingerprint density at radius 1 is 1.61 bits per heavy atom. The van der Waals surface area contributed by atoms with Crippen molar-refractivity contribution < 1.29 is 5.21 Å². The standard InChI is InChI=1S/C11H22N6O/c1-4-17-8-14-15-9(17)7-13-6-5-11(2,3)10(12)16-18/h8,13,18H,4-7H2,1-3H3,(H2,12,16). The molecule has 0 amide bonds. The highest BCUT2D eigenvalue weighted by molar-refractivity contribution is 5.85. The van der Waals surface area contributed by atoms with Gasteiger partial charge in [0, 0.05) is 12.0 Å². The normalized spacial score (nSPS) is 12.9. The Bertz CT molecular complexity index is 398. The Kier molecular flexibility index (Phi) is 5.08. The van der Waals surface area contributed by atoms with Crippen LogP contribution in [-0.4, -0.2) is 32.4 Å². The second kappa shape index (κ2) is 6.34. The van der Waals surface area contributed by atoms with Crippen molar-refractivity contribution in [3.63, 3.8) is 0 Å². The van der Waals surface area contributed by atoms with E-state index >= 15 is 0 Å². The first-order valence-corrected chi connectivity index (χ1v) is 6.06. The van der Waals surface area contributed by atoms with E-state index in [1.807, 2.05) is 25.3 Å². The van der Waals surface area contributed by atoms with Crippen LogP contribution < -0.4 is 11.1 Å². The highest BCUT2D eigenvalue weighted by Gasteiger charge is 2.22. The summed E-state index contributed by atoms with van der Waals surface area (Å²) in [5, 5.41) is 22.9. The van der Waals surface area contributed by atoms with Gasteiger partial charge in [0.1, 0.15) is 18.0 Å². The third kappa shape index (κ3) is 3.69. The zero-order chi connectivity index (χ0) is 13.6. The van der Waals surface area contributed by atoms with E-state index in [1.165, 1.54) is 0 Å². The summed E-state index contributed by atoms with van der Waals surface area (Å²) in [4.78, 5) is 0. The number of aryl methyl sites for hydroxylation is 1. The summed E-state index contributed by atoms with van der Waals surface area (Å²) in [6.45, 7) is 8.23. The predicted octanol–water partition coefficient (Wildman–Crippen LogP) is 0.550. The van der Waals surface area contributed by atoms with Gasteiger partial charge in [-0.2, -0.15) is 0 Å². The maximum absolute atomic E-state index is 8.67. The fourth-order valence-electron chi connectivity index (χ4n) is 1.54. The number of aromatic nitrogens is 3. The van der Waals surface area contributed by atoms with Crippen LogP contribution in [0.1, 0.15) is 33.0 Å². The summed E-state index contributed by atoms with van der Waals surface area (Å²) in [5.74, 6) is 1.17. The van der Waals surface area contributed by atoms with Gasteiger partial charge in [-0.15, -0.1) is 10.2 Å². The monoisotopic (exact) mass is 254 g/mol. The summed E-state index contributed by atoms with van der Waals surface area (Å²) in [7, 11) is 0. The minimum absolute atomic E-state index is 0.251. The number of nitrogens with two attached hydrogens (primary N) is 1. The second-order valence-electron chi connectivity index (χ2n) is 4.83. The van der Waals surface area contributed by atoms with Crippen LogP contribution in [0.3, 0.4) is 0 Å². The van der Waals surface area contributed by atoms with Crippen LogP contribution in [0, 0.1) is 5.41 Å². The van der Waals surface area contributed by atoms with E-state index in [4.69, 9.17) is 10.9 Å². The average Bonchev–Trinajstić information content (AvgIpc) is 2.80. The number of nitrogens with zero attached hydrogens (tertiary/aromatic N) is 4. The summed E-state index contributed by atoms with van der Waals surface area (Å²) in [6.07, 6.45) is 2.50. The molecule has 1 rings (SSSR count). The van der Waals surface area contributed by atoms with E-state index in [0.29, 0.717) is 6.54 Å². The molecular weight excluding hydrogens is 232 g/mol. The lowest BCUT2D eigenvalue weighted by atomic mass is 9.88. The van der Waals surface area contributed by atoms with Gasteiger partial charge < -0.3 is 20.8 Å². The van der Waals surface area contributed by atoms with Gasteiger partial charge in [-0.05, 0) is 19.9 Å². The molecule has 0 aliphatic heterocycles. The van der Waals surface area contributed by atoms with Crippen LogP contribution in [0.25, 0.3) is 0 Å². The van der Waals surface area contributed by atoms with Crippen LogP contribution in [0.15, 0.2) is 11.5 Å². The molecule has 7 nitrogen and oxygen atoms in total. The number of hydrogen-bond donors (Lipinski definition) is 3. The Morgan fingerprint density at radius 2 is 2.33 bits per heavy atom. The van der Waals surface area contributed by atoms with Gasteiger partial charge in [0.15, 0.2) is 0 Å². The molecule has 7 heteroatoms. The van der Waals surface area contributed by atoms with Gasteiger partial charge in [0.05, 0.1) is 6.54 Å². The Labute approximate surface area is 107 Å². The van der Waals surface area contributed by atoms with Crippen molar-refractivity contribution in [1.29, 1.82) is 0 Å². The van der Waals surface area contributed by atoms with Crippen molar-refractivity contribution in [3.8, 4) is 0 Å². The van der Waals surface area contributed by atoms with E-state index in [1.54, 1.807) is 6.33 Å². The smallest absolute Gasteiger partial charge is 0.146 e. The Balaban J connectivity index is 2.35. The lowest BCUT2D eigenvalue weighted by Crippen LogP contribution is -2.35. The summed E-state index contributed by atoms with van der Waals surface area (Å²) in [5.41, 5.74) is 5.30. The van der Waals surface area contributed by atoms with E-state index in [-0.39, 0.29) is 11.3 Å². The first-order chi connectivity index (χ1) is 8.51. The van der Waals surface area contributed by atoms with Crippen molar-refractivity contribution >= 4 is 5.84 Å². The van der Waals surface area contributed by atoms with E-state index in [9.17, 15) is 0 Å². The zero-order valence-corrected chi connectivity index (χ0v) is 11.2. The third-order valence-electron chi connectivity index (χ3n) is 3.05. The molecule has 0 saturated carbocycles. The molecule has 0 spiro atoms.